The molecule has 0 spiro atoms. The Hall–Kier alpha value is -2.25. The molecule has 1 rings (SSSR count). The van der Waals surface area contributed by atoms with Gasteiger partial charge in [-0.05, 0) is 19.1 Å². The number of rotatable bonds is 6. The van der Waals surface area contributed by atoms with E-state index in [2.05, 4.69) is 20.9 Å². The Balaban J connectivity index is 2.45. The largest absolute Gasteiger partial charge is 0.390 e. The summed E-state index contributed by atoms with van der Waals surface area (Å²) in [5.74, 6) is -0.172. The van der Waals surface area contributed by atoms with Crippen LogP contribution in [0.15, 0.2) is 35.3 Å². The molecule has 0 atom stereocenters. The van der Waals surface area contributed by atoms with Crippen molar-refractivity contribution >= 4 is 17.6 Å². The van der Waals surface area contributed by atoms with Crippen molar-refractivity contribution in [2.45, 2.75) is 19.5 Å². The van der Waals surface area contributed by atoms with Crippen molar-refractivity contribution in [2.24, 2.45) is 4.99 Å². The highest BCUT2D eigenvalue weighted by Gasteiger charge is 2.26. The number of nitrogens with zero attached hydrogens (tertiary/aromatic N) is 1. The van der Waals surface area contributed by atoms with Crippen molar-refractivity contribution in [1.29, 1.82) is 0 Å². The van der Waals surface area contributed by atoms with Crippen LogP contribution in [0.3, 0.4) is 0 Å². The van der Waals surface area contributed by atoms with E-state index in [1.54, 1.807) is 31.2 Å². The Morgan fingerprint density at radius 2 is 1.86 bits per heavy atom. The molecule has 3 N–H and O–H groups in total. The predicted molar refractivity (Wildman–Crippen MR) is 79.7 cm³/mol. The summed E-state index contributed by atoms with van der Waals surface area (Å²) in [5.41, 5.74) is 0.637. The summed E-state index contributed by atoms with van der Waals surface area (Å²) in [6.45, 7) is 1.79. The van der Waals surface area contributed by atoms with E-state index in [1.807, 2.05) is 6.07 Å². The summed E-state index contributed by atoms with van der Waals surface area (Å²) in [6, 6.07) is 8.84. The first-order chi connectivity index (χ1) is 10.4. The highest BCUT2D eigenvalue weighted by atomic mass is 19.4. The summed E-state index contributed by atoms with van der Waals surface area (Å²) in [6.07, 6.45) is -5.19. The predicted octanol–water partition coefficient (Wildman–Crippen LogP) is 2.13. The van der Waals surface area contributed by atoms with Crippen LogP contribution < -0.4 is 16.0 Å². The average Bonchev–Trinajstić information content (AvgIpc) is 2.44. The topological polar surface area (TPSA) is 65.5 Å². The number of amides is 1. The molecule has 0 radical (unpaired) electrons. The maximum atomic E-state index is 12.1. The summed E-state index contributed by atoms with van der Waals surface area (Å²) in [5, 5.41) is 7.95. The lowest BCUT2D eigenvalue weighted by atomic mass is 10.3. The molecule has 1 aromatic carbocycles. The number of guanidine groups is 1. The molecular formula is C14H19F3N4O. The Labute approximate surface area is 127 Å². The molecule has 0 aliphatic heterocycles. The molecule has 0 aliphatic rings. The van der Waals surface area contributed by atoms with E-state index in [4.69, 9.17) is 0 Å². The van der Waals surface area contributed by atoms with Gasteiger partial charge in [0.2, 0.25) is 5.91 Å². The Kier molecular flexibility index (Phi) is 7.21. The smallest absolute Gasteiger partial charge is 0.357 e. The van der Waals surface area contributed by atoms with Gasteiger partial charge in [-0.3, -0.25) is 4.79 Å². The normalized spacial score (nSPS) is 11.9. The van der Waals surface area contributed by atoms with Crippen LogP contribution in [0, 0.1) is 0 Å². The van der Waals surface area contributed by atoms with E-state index in [0.717, 1.165) is 0 Å². The third-order valence-electron chi connectivity index (χ3n) is 2.48. The van der Waals surface area contributed by atoms with E-state index >= 15 is 0 Å². The number of benzene rings is 1. The maximum Gasteiger partial charge on any atom is 0.390 e. The third kappa shape index (κ3) is 8.13. The molecule has 1 amide bonds. The third-order valence-corrected chi connectivity index (χ3v) is 2.48. The molecule has 8 heteroatoms. The van der Waals surface area contributed by atoms with Gasteiger partial charge in [-0.15, -0.1) is 0 Å². The fourth-order valence-electron chi connectivity index (χ4n) is 1.54. The zero-order valence-corrected chi connectivity index (χ0v) is 12.2. The second-order valence-electron chi connectivity index (χ2n) is 4.40. The highest BCUT2D eigenvalue weighted by molar-refractivity contribution is 5.94. The van der Waals surface area contributed by atoms with Gasteiger partial charge in [0, 0.05) is 18.8 Å². The summed E-state index contributed by atoms with van der Waals surface area (Å²) in [7, 11) is 0. The minimum absolute atomic E-state index is 0.176. The number of halogens is 3. The average molecular weight is 316 g/mol. The van der Waals surface area contributed by atoms with Crippen LogP contribution in [0.1, 0.15) is 13.3 Å². The first-order valence-electron chi connectivity index (χ1n) is 6.84. The van der Waals surface area contributed by atoms with Gasteiger partial charge >= 0.3 is 6.18 Å². The van der Waals surface area contributed by atoms with Crippen LogP contribution in [0.5, 0.6) is 0 Å². The number of carbonyl (C=O) groups excluding carboxylic acids is 1. The van der Waals surface area contributed by atoms with Crippen LogP contribution in [-0.4, -0.2) is 37.7 Å². The molecule has 22 heavy (non-hydrogen) atoms. The van der Waals surface area contributed by atoms with E-state index in [-0.39, 0.29) is 25.0 Å². The second-order valence-corrected chi connectivity index (χ2v) is 4.40. The van der Waals surface area contributed by atoms with Crippen molar-refractivity contribution < 1.29 is 18.0 Å². The lowest BCUT2D eigenvalue weighted by molar-refractivity contribution is -0.132. The number of aliphatic imine (C=N–C) groups is 1. The van der Waals surface area contributed by atoms with Crippen LogP contribution in [0.4, 0.5) is 18.9 Å². The van der Waals surface area contributed by atoms with Crippen LogP contribution in [0.2, 0.25) is 0 Å². The van der Waals surface area contributed by atoms with Crippen LogP contribution >= 0.6 is 0 Å². The quantitative estimate of drug-likeness (QED) is 0.556. The standard InChI is InChI=1S/C14H19F3N4O/c1-2-18-13(19-9-8-14(15,16)17)20-10-12(22)21-11-6-4-3-5-7-11/h3-7H,2,8-10H2,1H3,(H,21,22)(H2,18,19,20). The molecule has 0 saturated heterocycles. The Bertz CT molecular complexity index is 489. The van der Waals surface area contributed by atoms with Crippen LogP contribution in [0.25, 0.3) is 0 Å². The molecule has 122 valence electrons. The van der Waals surface area contributed by atoms with Gasteiger partial charge in [-0.2, -0.15) is 13.2 Å². The van der Waals surface area contributed by atoms with Gasteiger partial charge < -0.3 is 16.0 Å². The summed E-state index contributed by atoms with van der Waals surface area (Å²) >= 11 is 0. The van der Waals surface area contributed by atoms with Crippen molar-refractivity contribution in [3.63, 3.8) is 0 Å². The van der Waals surface area contributed by atoms with Crippen LogP contribution in [-0.2, 0) is 4.79 Å². The zero-order chi connectivity index (χ0) is 16.4. The molecule has 0 heterocycles. The number of nitrogens with one attached hydrogen (secondary N) is 3. The fraction of sp³-hybridized carbons (Fsp3) is 0.429. The van der Waals surface area contributed by atoms with Gasteiger partial charge in [-0.1, -0.05) is 18.2 Å². The van der Waals surface area contributed by atoms with Gasteiger partial charge in [0.15, 0.2) is 5.96 Å². The van der Waals surface area contributed by atoms with Gasteiger partial charge in [0.1, 0.15) is 6.54 Å². The zero-order valence-electron chi connectivity index (χ0n) is 12.2. The maximum absolute atomic E-state index is 12.1. The van der Waals surface area contributed by atoms with Gasteiger partial charge in [0.05, 0.1) is 6.42 Å². The number of hydrogen-bond donors (Lipinski definition) is 3. The Morgan fingerprint density at radius 3 is 2.45 bits per heavy atom. The molecule has 0 unspecified atom stereocenters. The highest BCUT2D eigenvalue weighted by Crippen LogP contribution is 2.17. The van der Waals surface area contributed by atoms with Crippen molar-refractivity contribution in [2.75, 3.05) is 25.0 Å². The minimum atomic E-state index is -4.23. The Morgan fingerprint density at radius 1 is 1.18 bits per heavy atom. The molecule has 5 nitrogen and oxygen atoms in total. The molecule has 0 aliphatic carbocycles. The molecular weight excluding hydrogens is 297 g/mol. The van der Waals surface area contributed by atoms with Gasteiger partial charge in [-0.25, -0.2) is 4.99 Å². The minimum Gasteiger partial charge on any atom is -0.357 e. The lowest BCUT2D eigenvalue weighted by Crippen LogP contribution is -2.39. The van der Waals surface area contributed by atoms with Gasteiger partial charge in [0.25, 0.3) is 0 Å². The number of anilines is 1. The summed E-state index contributed by atoms with van der Waals surface area (Å²) in [4.78, 5) is 15.6. The van der Waals surface area contributed by atoms with E-state index in [9.17, 15) is 18.0 Å². The van der Waals surface area contributed by atoms with E-state index < -0.39 is 12.6 Å². The molecule has 0 bridgehead atoms. The van der Waals surface area contributed by atoms with Crippen molar-refractivity contribution in [3.05, 3.63) is 30.3 Å². The number of carbonyl (C=O) groups is 1. The van der Waals surface area contributed by atoms with E-state index in [1.165, 1.54) is 0 Å². The first kappa shape index (κ1) is 17.8. The molecule has 0 fully saturated rings. The SMILES string of the molecule is CCNC(=NCC(=O)Nc1ccccc1)NCCC(F)(F)F. The molecule has 1 aromatic rings. The van der Waals surface area contributed by atoms with Crippen molar-refractivity contribution in [1.82, 2.24) is 10.6 Å². The summed E-state index contributed by atoms with van der Waals surface area (Å²) < 4.78 is 36.3. The second kappa shape index (κ2) is 8.91. The fourth-order valence-corrected chi connectivity index (χ4v) is 1.54. The number of alkyl halides is 3. The molecule has 0 saturated carbocycles. The monoisotopic (exact) mass is 316 g/mol. The van der Waals surface area contributed by atoms with E-state index in [0.29, 0.717) is 12.2 Å². The molecule has 0 aromatic heterocycles. The lowest BCUT2D eigenvalue weighted by Gasteiger charge is -2.12. The number of hydrogen-bond acceptors (Lipinski definition) is 2. The van der Waals surface area contributed by atoms with Crippen molar-refractivity contribution in [3.8, 4) is 0 Å². The number of para-hydroxylation sites is 1. The first-order valence-corrected chi connectivity index (χ1v) is 6.84.